The quantitative estimate of drug-likeness (QED) is 0.422. The largest absolute Gasteiger partial charge is 0.419 e. The van der Waals surface area contributed by atoms with Crippen LogP contribution in [-0.2, 0) is 0 Å². The Kier molecular flexibility index (Phi) is 3.08. The van der Waals surface area contributed by atoms with Crippen LogP contribution in [0.1, 0.15) is 0 Å². The van der Waals surface area contributed by atoms with Crippen molar-refractivity contribution in [3.8, 4) is 0 Å². The fourth-order valence-electron chi connectivity index (χ4n) is 1.10. The van der Waals surface area contributed by atoms with E-state index in [4.69, 9.17) is 0 Å². The van der Waals surface area contributed by atoms with E-state index < -0.39 is 22.4 Å². The first-order chi connectivity index (χ1) is 6.73. The zero-order valence-electron chi connectivity index (χ0n) is 7.51. The average Bonchev–Trinajstić information content (AvgIpc) is 2.06. The fraction of sp³-hybridized carbons (Fsp3) is 0.429. The Bertz CT molecular complexity index is 362. The van der Waals surface area contributed by atoms with Gasteiger partial charge in [0.25, 0.3) is 5.70 Å². The highest BCUT2D eigenvalue weighted by Crippen LogP contribution is 2.36. The molecule has 0 aliphatic carbocycles. The van der Waals surface area contributed by atoms with Gasteiger partial charge in [0.2, 0.25) is 0 Å². The first kappa shape index (κ1) is 12.0. The SMILES string of the molecule is CN1CC([N+](=O)[O-])=CC(C(F)(F)F)=C1Br. The number of allylic oxidation sites excluding steroid dienone is 2. The summed E-state index contributed by atoms with van der Waals surface area (Å²) in [6, 6.07) is 0. The molecule has 0 saturated carbocycles. The van der Waals surface area contributed by atoms with Gasteiger partial charge in [0, 0.05) is 13.1 Å². The van der Waals surface area contributed by atoms with Gasteiger partial charge in [0.05, 0.1) is 15.1 Å². The predicted molar refractivity (Wildman–Crippen MR) is 49.7 cm³/mol. The van der Waals surface area contributed by atoms with Gasteiger partial charge in [-0.2, -0.15) is 13.2 Å². The Morgan fingerprint density at radius 3 is 2.53 bits per heavy atom. The molecule has 0 aromatic heterocycles. The summed E-state index contributed by atoms with van der Waals surface area (Å²) >= 11 is 2.75. The minimum atomic E-state index is -4.60. The zero-order chi connectivity index (χ0) is 11.8. The molecule has 0 bridgehead atoms. The van der Waals surface area contributed by atoms with Crippen molar-refractivity contribution in [3.63, 3.8) is 0 Å². The molecule has 1 rings (SSSR count). The van der Waals surface area contributed by atoms with E-state index in [2.05, 4.69) is 15.9 Å². The van der Waals surface area contributed by atoms with Crippen LogP contribution < -0.4 is 0 Å². The third-order valence-corrected chi connectivity index (χ3v) is 2.84. The summed E-state index contributed by atoms with van der Waals surface area (Å²) in [7, 11) is 1.34. The van der Waals surface area contributed by atoms with Gasteiger partial charge in [-0.15, -0.1) is 0 Å². The number of hydrogen-bond donors (Lipinski definition) is 0. The van der Waals surface area contributed by atoms with Crippen LogP contribution in [-0.4, -0.2) is 29.6 Å². The van der Waals surface area contributed by atoms with Crippen molar-refractivity contribution in [2.45, 2.75) is 6.18 Å². The molecule has 4 nitrogen and oxygen atoms in total. The van der Waals surface area contributed by atoms with Gasteiger partial charge >= 0.3 is 6.18 Å². The Hall–Kier alpha value is -1.05. The van der Waals surface area contributed by atoms with Crippen molar-refractivity contribution in [1.29, 1.82) is 0 Å². The lowest BCUT2D eigenvalue weighted by Gasteiger charge is -2.24. The number of nitrogens with zero attached hydrogens (tertiary/aromatic N) is 2. The van der Waals surface area contributed by atoms with Gasteiger partial charge in [-0.3, -0.25) is 10.1 Å². The van der Waals surface area contributed by atoms with E-state index in [1.54, 1.807) is 0 Å². The molecule has 15 heavy (non-hydrogen) atoms. The maximum absolute atomic E-state index is 12.4. The second-order valence-corrected chi connectivity index (χ2v) is 3.70. The number of halogens is 4. The highest BCUT2D eigenvalue weighted by molar-refractivity contribution is 9.11. The molecule has 8 heteroatoms. The van der Waals surface area contributed by atoms with Gasteiger partial charge < -0.3 is 4.90 Å². The van der Waals surface area contributed by atoms with Gasteiger partial charge in [-0.05, 0) is 15.9 Å². The van der Waals surface area contributed by atoms with Gasteiger partial charge in [0.1, 0.15) is 6.54 Å². The summed E-state index contributed by atoms with van der Waals surface area (Å²) in [6.45, 7) is -0.160. The number of nitro groups is 1. The molecule has 0 atom stereocenters. The normalized spacial score (nSPS) is 17.9. The highest BCUT2D eigenvalue weighted by atomic mass is 79.9. The maximum atomic E-state index is 12.4. The summed E-state index contributed by atoms with van der Waals surface area (Å²) in [4.78, 5) is 10.7. The molecule has 0 radical (unpaired) electrons. The van der Waals surface area contributed by atoms with Gasteiger partial charge in [-0.1, -0.05) is 0 Å². The predicted octanol–water partition coefficient (Wildman–Crippen LogP) is 2.26. The molecule has 0 spiro atoms. The number of alkyl halides is 3. The van der Waals surface area contributed by atoms with Crippen LogP contribution in [0.3, 0.4) is 0 Å². The Morgan fingerprint density at radius 2 is 2.13 bits per heavy atom. The second kappa shape index (κ2) is 3.84. The molecule has 1 heterocycles. The summed E-state index contributed by atoms with van der Waals surface area (Å²) in [5.74, 6) is 0. The molecule has 0 unspecified atom stereocenters. The second-order valence-electron chi connectivity index (χ2n) is 2.95. The van der Waals surface area contributed by atoms with Crippen molar-refractivity contribution in [3.05, 3.63) is 32.1 Å². The standard InChI is InChI=1S/C7H6BrF3N2O2/c1-12-3-4(13(14)15)2-5(6(12)8)7(9,10)11/h2H,3H2,1H3. The third-order valence-electron chi connectivity index (χ3n) is 1.81. The van der Waals surface area contributed by atoms with Crippen molar-refractivity contribution in [2.24, 2.45) is 0 Å². The number of likely N-dealkylation sites (N-methyl/N-ethyl adjacent to an activating group) is 1. The van der Waals surface area contributed by atoms with Crippen LogP contribution in [0.25, 0.3) is 0 Å². The number of rotatable bonds is 1. The minimum Gasteiger partial charge on any atom is -0.358 e. The molecule has 1 aliphatic heterocycles. The molecule has 0 aromatic carbocycles. The third kappa shape index (κ3) is 2.49. The van der Waals surface area contributed by atoms with Crippen LogP contribution in [0.15, 0.2) is 22.0 Å². The van der Waals surface area contributed by atoms with Crippen LogP contribution >= 0.6 is 15.9 Å². The van der Waals surface area contributed by atoms with Crippen LogP contribution in [0.2, 0.25) is 0 Å². The van der Waals surface area contributed by atoms with Crippen LogP contribution in [0.5, 0.6) is 0 Å². The fourth-order valence-corrected chi connectivity index (χ4v) is 1.56. The van der Waals surface area contributed by atoms with Crippen LogP contribution in [0.4, 0.5) is 13.2 Å². The van der Waals surface area contributed by atoms with Gasteiger partial charge in [0.15, 0.2) is 0 Å². The molecule has 0 fully saturated rings. The van der Waals surface area contributed by atoms with E-state index in [0.717, 1.165) is 4.90 Å². The van der Waals surface area contributed by atoms with E-state index in [1.807, 2.05) is 0 Å². The van der Waals surface area contributed by atoms with E-state index in [1.165, 1.54) is 7.05 Å². The van der Waals surface area contributed by atoms with Crippen molar-refractivity contribution >= 4 is 15.9 Å². The Balaban J connectivity index is 3.21. The minimum absolute atomic E-state index is 0.160. The topological polar surface area (TPSA) is 46.4 Å². The molecular formula is C7H6BrF3N2O2. The first-order valence-electron chi connectivity index (χ1n) is 3.76. The molecule has 0 aromatic rings. The smallest absolute Gasteiger partial charge is 0.358 e. The lowest BCUT2D eigenvalue weighted by Crippen LogP contribution is -2.29. The highest BCUT2D eigenvalue weighted by Gasteiger charge is 2.39. The molecular weight excluding hydrogens is 281 g/mol. The molecule has 84 valence electrons. The lowest BCUT2D eigenvalue weighted by molar-refractivity contribution is -0.428. The molecule has 0 amide bonds. The molecule has 0 saturated heterocycles. The first-order valence-corrected chi connectivity index (χ1v) is 4.56. The average molecular weight is 287 g/mol. The monoisotopic (exact) mass is 286 g/mol. The Labute approximate surface area is 91.3 Å². The molecule has 0 N–H and O–H groups in total. The maximum Gasteiger partial charge on any atom is 0.419 e. The van der Waals surface area contributed by atoms with Crippen molar-refractivity contribution in [1.82, 2.24) is 4.90 Å². The van der Waals surface area contributed by atoms with E-state index in [9.17, 15) is 23.3 Å². The zero-order valence-corrected chi connectivity index (χ0v) is 9.09. The van der Waals surface area contributed by atoms with E-state index in [0.29, 0.717) is 6.08 Å². The Morgan fingerprint density at radius 1 is 1.60 bits per heavy atom. The summed E-state index contributed by atoms with van der Waals surface area (Å²) in [6.07, 6.45) is -4.06. The molecule has 1 aliphatic rings. The van der Waals surface area contributed by atoms with Crippen molar-refractivity contribution < 1.29 is 18.1 Å². The van der Waals surface area contributed by atoms with E-state index in [-0.39, 0.29) is 11.2 Å². The summed E-state index contributed by atoms with van der Waals surface area (Å²) < 4.78 is 37.1. The van der Waals surface area contributed by atoms with Crippen LogP contribution in [0, 0.1) is 10.1 Å². The summed E-state index contributed by atoms with van der Waals surface area (Å²) in [5.41, 5.74) is -1.52. The van der Waals surface area contributed by atoms with Crippen molar-refractivity contribution in [2.75, 3.05) is 13.6 Å². The van der Waals surface area contributed by atoms with Gasteiger partial charge in [-0.25, -0.2) is 0 Å². The lowest BCUT2D eigenvalue weighted by atomic mass is 10.1. The summed E-state index contributed by atoms with van der Waals surface area (Å²) in [5, 5.41) is 10.4. The number of hydrogen-bond acceptors (Lipinski definition) is 3. The van der Waals surface area contributed by atoms with E-state index >= 15 is 0 Å².